The predicted molar refractivity (Wildman–Crippen MR) is 89.6 cm³/mol. The highest BCUT2D eigenvalue weighted by molar-refractivity contribution is 7.80. The Morgan fingerprint density at radius 3 is 2.77 bits per heavy atom. The molecule has 0 unspecified atom stereocenters. The molecule has 0 bridgehead atoms. The number of rotatable bonds is 5. The van der Waals surface area contributed by atoms with Crippen molar-refractivity contribution >= 4 is 23.5 Å². The van der Waals surface area contributed by atoms with Gasteiger partial charge in [-0.1, -0.05) is 24.3 Å². The van der Waals surface area contributed by atoms with Crippen LogP contribution in [0.4, 0.5) is 4.39 Å². The molecule has 2 rings (SSSR count). The third kappa shape index (κ3) is 5.14. The van der Waals surface area contributed by atoms with Crippen LogP contribution in [0.1, 0.15) is 11.1 Å². The molecule has 0 aliphatic carbocycles. The summed E-state index contributed by atoms with van der Waals surface area (Å²) in [5.74, 6) is 0.457. The van der Waals surface area contributed by atoms with Crippen LogP contribution in [0.25, 0.3) is 0 Å². The van der Waals surface area contributed by atoms with Crippen LogP contribution in [-0.4, -0.2) is 18.4 Å². The standard InChI is InChI=1S/C16H16FN3OS/c1-18-16(22)20-19-10-13-3-2-4-15(9-13)21-11-12-5-7-14(17)8-6-12/h2-10H,11H2,1H3,(H2,18,20,22)/b19-10-. The van der Waals surface area contributed by atoms with Gasteiger partial charge in [0.25, 0.3) is 0 Å². The zero-order valence-corrected chi connectivity index (χ0v) is 12.9. The van der Waals surface area contributed by atoms with Gasteiger partial charge in [0.1, 0.15) is 18.2 Å². The highest BCUT2D eigenvalue weighted by Gasteiger charge is 1.98. The molecule has 0 aromatic heterocycles. The van der Waals surface area contributed by atoms with E-state index in [4.69, 9.17) is 17.0 Å². The quantitative estimate of drug-likeness (QED) is 0.506. The molecule has 2 aromatic carbocycles. The van der Waals surface area contributed by atoms with E-state index >= 15 is 0 Å². The summed E-state index contributed by atoms with van der Waals surface area (Å²) < 4.78 is 18.5. The maximum atomic E-state index is 12.8. The van der Waals surface area contributed by atoms with E-state index in [0.717, 1.165) is 11.1 Å². The Labute approximate surface area is 134 Å². The van der Waals surface area contributed by atoms with Crippen molar-refractivity contribution in [2.45, 2.75) is 6.61 Å². The third-order valence-electron chi connectivity index (χ3n) is 2.78. The lowest BCUT2D eigenvalue weighted by atomic mass is 10.2. The molecular formula is C16H16FN3OS. The summed E-state index contributed by atoms with van der Waals surface area (Å²) in [5.41, 5.74) is 4.46. The topological polar surface area (TPSA) is 45.7 Å². The minimum Gasteiger partial charge on any atom is -0.489 e. The molecule has 0 heterocycles. The molecule has 0 saturated heterocycles. The fourth-order valence-corrected chi connectivity index (χ4v) is 1.71. The van der Waals surface area contributed by atoms with E-state index in [1.165, 1.54) is 12.1 Å². The minimum atomic E-state index is -0.256. The van der Waals surface area contributed by atoms with Gasteiger partial charge in [-0.3, -0.25) is 5.43 Å². The lowest BCUT2D eigenvalue weighted by molar-refractivity contribution is 0.306. The molecule has 0 aliphatic rings. The third-order valence-corrected chi connectivity index (χ3v) is 3.08. The SMILES string of the molecule is CNC(=S)N/N=C\c1cccc(OCc2ccc(F)cc2)c1. The molecule has 6 heteroatoms. The van der Waals surface area contributed by atoms with Gasteiger partial charge in [-0.25, -0.2) is 4.39 Å². The number of benzene rings is 2. The molecule has 114 valence electrons. The largest absolute Gasteiger partial charge is 0.489 e. The number of nitrogens with one attached hydrogen (secondary N) is 2. The Kier molecular flexibility index (Phi) is 5.85. The van der Waals surface area contributed by atoms with Crippen LogP contribution in [0.15, 0.2) is 53.6 Å². The van der Waals surface area contributed by atoms with Gasteiger partial charge in [-0.05, 0) is 47.6 Å². The number of hydrazone groups is 1. The Bertz CT molecular complexity index is 659. The van der Waals surface area contributed by atoms with Crippen molar-refractivity contribution in [1.82, 2.24) is 10.7 Å². The van der Waals surface area contributed by atoms with Gasteiger partial charge in [-0.15, -0.1) is 0 Å². The van der Waals surface area contributed by atoms with E-state index in [9.17, 15) is 4.39 Å². The van der Waals surface area contributed by atoms with Gasteiger partial charge in [-0.2, -0.15) is 5.10 Å². The summed E-state index contributed by atoms with van der Waals surface area (Å²) in [7, 11) is 1.72. The van der Waals surface area contributed by atoms with Crippen molar-refractivity contribution in [2.75, 3.05) is 7.05 Å². The highest BCUT2D eigenvalue weighted by Crippen LogP contribution is 2.14. The lowest BCUT2D eigenvalue weighted by Gasteiger charge is -2.07. The summed E-state index contributed by atoms with van der Waals surface area (Å²) in [5, 5.41) is 7.21. The van der Waals surface area contributed by atoms with Crippen LogP contribution in [0, 0.1) is 5.82 Å². The summed E-state index contributed by atoms with van der Waals surface area (Å²) in [6.07, 6.45) is 1.65. The van der Waals surface area contributed by atoms with E-state index in [1.54, 1.807) is 25.4 Å². The molecule has 0 radical (unpaired) electrons. The molecule has 0 atom stereocenters. The van der Waals surface area contributed by atoms with Gasteiger partial charge in [0.15, 0.2) is 5.11 Å². The number of nitrogens with zero attached hydrogens (tertiary/aromatic N) is 1. The van der Waals surface area contributed by atoms with Crippen LogP contribution >= 0.6 is 12.2 Å². The number of thiocarbonyl (C=S) groups is 1. The lowest BCUT2D eigenvalue weighted by Crippen LogP contribution is -2.28. The van der Waals surface area contributed by atoms with E-state index in [0.29, 0.717) is 17.5 Å². The summed E-state index contributed by atoms with van der Waals surface area (Å²) >= 11 is 4.91. The Morgan fingerprint density at radius 2 is 2.05 bits per heavy atom. The van der Waals surface area contributed by atoms with Crippen LogP contribution in [0.2, 0.25) is 0 Å². The van der Waals surface area contributed by atoms with E-state index in [1.807, 2.05) is 24.3 Å². The molecule has 0 fully saturated rings. The second-order valence-corrected chi connectivity index (χ2v) is 4.85. The first kappa shape index (κ1) is 15.9. The first-order valence-electron chi connectivity index (χ1n) is 6.65. The number of hydrogen-bond acceptors (Lipinski definition) is 3. The molecule has 0 spiro atoms. The van der Waals surface area contributed by atoms with Crippen molar-refractivity contribution in [3.63, 3.8) is 0 Å². The van der Waals surface area contributed by atoms with Crippen molar-refractivity contribution < 1.29 is 9.13 Å². The maximum Gasteiger partial charge on any atom is 0.186 e. The zero-order valence-electron chi connectivity index (χ0n) is 12.0. The highest BCUT2D eigenvalue weighted by atomic mass is 32.1. The molecule has 0 saturated carbocycles. The monoisotopic (exact) mass is 317 g/mol. The van der Waals surface area contributed by atoms with Crippen molar-refractivity contribution in [2.24, 2.45) is 5.10 Å². The van der Waals surface area contributed by atoms with Crippen molar-refractivity contribution in [3.8, 4) is 5.75 Å². The van der Waals surface area contributed by atoms with Crippen LogP contribution in [-0.2, 0) is 6.61 Å². The Hall–Kier alpha value is -2.47. The minimum absolute atomic E-state index is 0.256. The second kappa shape index (κ2) is 8.09. The number of halogens is 1. The molecule has 2 aromatic rings. The summed E-state index contributed by atoms with van der Waals surface area (Å²) in [6.45, 7) is 0.378. The fourth-order valence-electron chi connectivity index (χ4n) is 1.65. The van der Waals surface area contributed by atoms with E-state index in [-0.39, 0.29) is 5.82 Å². The summed E-state index contributed by atoms with van der Waals surface area (Å²) in [4.78, 5) is 0. The zero-order chi connectivity index (χ0) is 15.8. The molecule has 0 aliphatic heterocycles. The van der Waals surface area contributed by atoms with Crippen molar-refractivity contribution in [1.29, 1.82) is 0 Å². The molecular weight excluding hydrogens is 301 g/mol. The molecule has 2 N–H and O–H groups in total. The van der Waals surface area contributed by atoms with Crippen LogP contribution in [0.5, 0.6) is 5.75 Å². The summed E-state index contributed by atoms with van der Waals surface area (Å²) in [6, 6.07) is 13.7. The predicted octanol–water partition coefficient (Wildman–Crippen LogP) is 2.83. The van der Waals surface area contributed by atoms with Crippen LogP contribution in [0.3, 0.4) is 0 Å². The number of hydrogen-bond donors (Lipinski definition) is 2. The fraction of sp³-hybridized carbons (Fsp3) is 0.125. The van der Waals surface area contributed by atoms with Gasteiger partial charge in [0, 0.05) is 7.05 Å². The Morgan fingerprint density at radius 1 is 1.27 bits per heavy atom. The smallest absolute Gasteiger partial charge is 0.186 e. The molecule has 4 nitrogen and oxygen atoms in total. The molecule has 0 amide bonds. The first-order valence-corrected chi connectivity index (χ1v) is 7.06. The van der Waals surface area contributed by atoms with Crippen LogP contribution < -0.4 is 15.5 Å². The van der Waals surface area contributed by atoms with E-state index < -0.39 is 0 Å². The van der Waals surface area contributed by atoms with Gasteiger partial charge in [0.05, 0.1) is 6.21 Å². The van der Waals surface area contributed by atoms with Gasteiger partial charge >= 0.3 is 0 Å². The van der Waals surface area contributed by atoms with Gasteiger partial charge < -0.3 is 10.1 Å². The second-order valence-electron chi connectivity index (χ2n) is 4.44. The van der Waals surface area contributed by atoms with Crippen molar-refractivity contribution in [3.05, 3.63) is 65.5 Å². The normalized spacial score (nSPS) is 10.5. The maximum absolute atomic E-state index is 12.8. The molecule has 22 heavy (non-hydrogen) atoms. The van der Waals surface area contributed by atoms with E-state index in [2.05, 4.69) is 15.8 Å². The average Bonchev–Trinajstić information content (AvgIpc) is 2.54. The first-order chi connectivity index (χ1) is 10.7. The number of ether oxygens (including phenoxy) is 1. The Balaban J connectivity index is 1.93. The average molecular weight is 317 g/mol. The van der Waals surface area contributed by atoms with Gasteiger partial charge in [0.2, 0.25) is 0 Å².